The molecule has 2 N–H and O–H groups in total. The highest BCUT2D eigenvalue weighted by Gasteiger charge is 2.34. The van der Waals surface area contributed by atoms with E-state index in [2.05, 4.69) is 70.8 Å². The number of nitrogens with one attached hydrogen (secondary N) is 1. The van der Waals surface area contributed by atoms with Crippen molar-refractivity contribution in [3.8, 4) is 5.75 Å². The topological polar surface area (TPSA) is 82.1 Å². The van der Waals surface area contributed by atoms with Crippen molar-refractivity contribution in [3.05, 3.63) is 118 Å². The van der Waals surface area contributed by atoms with Gasteiger partial charge in [0.05, 0.1) is 18.6 Å². The maximum atomic E-state index is 14.3. The van der Waals surface area contributed by atoms with Crippen molar-refractivity contribution < 1.29 is 19.4 Å². The number of benzene rings is 4. The Bertz CT molecular complexity index is 1980. The predicted molar refractivity (Wildman–Crippen MR) is 242 cm³/mol. The molecule has 7 nitrogen and oxygen atoms in total. The van der Waals surface area contributed by atoms with Crippen molar-refractivity contribution in [2.75, 3.05) is 47.9 Å². The van der Waals surface area contributed by atoms with Crippen LogP contribution in [0.4, 0.5) is 17.1 Å². The zero-order valence-electron chi connectivity index (χ0n) is 35.5. The fraction of sp³-hybridized carbons (Fsp3) is 0.469. The summed E-state index contributed by atoms with van der Waals surface area (Å²) < 4.78 is 6.28. The number of carbonyl (C=O) groups is 2. The molecule has 1 aliphatic heterocycles. The van der Waals surface area contributed by atoms with Crippen LogP contribution in [0.3, 0.4) is 0 Å². The summed E-state index contributed by atoms with van der Waals surface area (Å²) in [6.07, 6.45) is 5.21. The Hall–Kier alpha value is -4.20. The number of ether oxygens (including phenoxy) is 1. The van der Waals surface area contributed by atoms with Gasteiger partial charge >= 0.3 is 5.97 Å². The van der Waals surface area contributed by atoms with Crippen molar-refractivity contribution in [2.24, 2.45) is 22.7 Å². The second kappa shape index (κ2) is 20.2. The maximum absolute atomic E-state index is 14.3. The van der Waals surface area contributed by atoms with Crippen LogP contribution in [0.1, 0.15) is 108 Å². The molecule has 0 radical (unpaired) electrons. The largest absolute Gasteiger partial charge is 0.493 e. The van der Waals surface area contributed by atoms with Gasteiger partial charge in [0.15, 0.2) is 0 Å². The highest BCUT2D eigenvalue weighted by atomic mass is 35.5. The van der Waals surface area contributed by atoms with Gasteiger partial charge in [-0.2, -0.15) is 0 Å². The van der Waals surface area contributed by atoms with Crippen LogP contribution in [0.15, 0.2) is 91.0 Å². The number of amides is 1. The van der Waals surface area contributed by atoms with E-state index in [0.29, 0.717) is 35.4 Å². The van der Waals surface area contributed by atoms with Crippen LogP contribution in [0.25, 0.3) is 0 Å². The molecule has 4 aromatic rings. The number of anilines is 3. The van der Waals surface area contributed by atoms with Gasteiger partial charge in [-0.15, -0.1) is 0 Å². The molecular weight excluding hydrogens is 765 g/mol. The van der Waals surface area contributed by atoms with E-state index in [0.717, 1.165) is 90.7 Å². The van der Waals surface area contributed by atoms with Crippen LogP contribution in [-0.2, 0) is 11.2 Å². The summed E-state index contributed by atoms with van der Waals surface area (Å²) in [5.74, 6) is 0.987. The molecule has 9 heteroatoms. The lowest BCUT2D eigenvalue weighted by Gasteiger charge is -2.36. The number of nitrogens with zero attached hydrogens (tertiary/aromatic N) is 2. The second-order valence-corrected chi connectivity index (χ2v) is 19.3. The quantitative estimate of drug-likeness (QED) is 0.132. The number of hydrogen-bond acceptors (Lipinski definition) is 5. The Balaban J connectivity index is 0.000000419. The molecule has 58 heavy (non-hydrogen) atoms. The average Bonchev–Trinajstić information content (AvgIpc) is 4.03. The number of piperidine rings is 1. The number of carboxylic acids is 1. The van der Waals surface area contributed by atoms with E-state index < -0.39 is 5.97 Å². The Labute approximate surface area is 357 Å². The number of aliphatic carboxylic acids is 1. The van der Waals surface area contributed by atoms with Crippen LogP contribution in [-0.4, -0.2) is 49.8 Å². The minimum atomic E-state index is -0.745. The van der Waals surface area contributed by atoms with E-state index in [1.165, 1.54) is 5.56 Å². The molecule has 1 saturated heterocycles. The third-order valence-corrected chi connectivity index (χ3v) is 11.1. The van der Waals surface area contributed by atoms with Gasteiger partial charge < -0.3 is 25.0 Å². The Morgan fingerprint density at radius 3 is 2.12 bits per heavy atom. The van der Waals surface area contributed by atoms with Crippen molar-refractivity contribution in [3.63, 3.8) is 0 Å². The normalized spacial score (nSPS) is 15.2. The zero-order chi connectivity index (χ0) is 42.0. The predicted octanol–water partition coefficient (Wildman–Crippen LogP) is 12.7. The first-order chi connectivity index (χ1) is 27.5. The van der Waals surface area contributed by atoms with E-state index in [1.54, 1.807) is 0 Å². The smallest absolute Gasteiger partial charge is 0.303 e. The first kappa shape index (κ1) is 44.9. The first-order valence-corrected chi connectivity index (χ1v) is 21.6. The van der Waals surface area contributed by atoms with Crippen LogP contribution >= 0.6 is 23.2 Å². The van der Waals surface area contributed by atoms with Crippen molar-refractivity contribution in [1.29, 1.82) is 0 Å². The molecule has 4 aromatic carbocycles. The van der Waals surface area contributed by atoms with Crippen molar-refractivity contribution >= 4 is 52.1 Å². The summed E-state index contributed by atoms with van der Waals surface area (Å²) in [7, 11) is 0. The highest BCUT2D eigenvalue weighted by molar-refractivity contribution is 6.31. The van der Waals surface area contributed by atoms with E-state index in [4.69, 9.17) is 27.9 Å². The molecule has 1 saturated carbocycles. The number of rotatable bonds is 14. The Morgan fingerprint density at radius 2 is 1.52 bits per heavy atom. The standard InChI is InChI=1S/C38H47ClN2O4.C11H16ClN/c1-5-26-12-15-33(37(44)41(25-38(2,3)4)31-10-7-9-30(39)22-31)35(20-26)40-18-16-27(17-19-40)24-45-32-11-6-8-29(21-32)34(23-36(42)43)28-13-14-28;1-11(2,3)8-13-10-6-4-5-9(12)7-10/h6-12,15,20-22,27-28,34H,5,13-14,16-19,23-25H2,1-4H3,(H,42,43);4-7,13H,8H2,1-3H3. The van der Waals surface area contributed by atoms with E-state index in [9.17, 15) is 14.7 Å². The SMILES string of the molecule is CC(C)(C)CNc1cccc(Cl)c1.CCc1ccc(C(=O)N(CC(C)(C)C)c2cccc(Cl)c2)c(N2CCC(COc3cccc(C(CC(=O)O)C4CC4)c3)CC2)c1. The highest BCUT2D eigenvalue weighted by Crippen LogP contribution is 2.45. The Morgan fingerprint density at radius 1 is 0.845 bits per heavy atom. The molecule has 2 aliphatic rings. The molecule has 1 amide bonds. The number of carbonyl (C=O) groups excluding carboxylic acids is 1. The first-order valence-electron chi connectivity index (χ1n) is 20.9. The summed E-state index contributed by atoms with van der Waals surface area (Å²) in [4.78, 5) is 30.0. The minimum absolute atomic E-state index is 0.0115. The lowest BCUT2D eigenvalue weighted by atomic mass is 9.91. The van der Waals surface area contributed by atoms with Crippen LogP contribution in [0, 0.1) is 22.7 Å². The van der Waals surface area contributed by atoms with Gasteiger partial charge in [-0.25, -0.2) is 0 Å². The monoisotopic (exact) mass is 827 g/mol. The molecular formula is C49H63Cl2N3O4. The summed E-state index contributed by atoms with van der Waals surface area (Å²) in [6, 6.07) is 29.6. The Kier molecular flexibility index (Phi) is 15.6. The molecule has 0 aromatic heterocycles. The third-order valence-electron chi connectivity index (χ3n) is 10.7. The second-order valence-electron chi connectivity index (χ2n) is 18.4. The van der Waals surface area contributed by atoms with Crippen LogP contribution in [0.2, 0.25) is 10.0 Å². The zero-order valence-corrected chi connectivity index (χ0v) is 37.0. The molecule has 1 unspecified atom stereocenters. The maximum Gasteiger partial charge on any atom is 0.303 e. The molecule has 1 atom stereocenters. The molecule has 312 valence electrons. The summed E-state index contributed by atoms with van der Waals surface area (Å²) in [5, 5.41) is 14.1. The fourth-order valence-electron chi connectivity index (χ4n) is 7.38. The van der Waals surface area contributed by atoms with Gasteiger partial charge in [-0.3, -0.25) is 9.59 Å². The summed E-state index contributed by atoms with van der Waals surface area (Å²) >= 11 is 12.2. The number of halogens is 2. The van der Waals surface area contributed by atoms with E-state index in [1.807, 2.05) is 83.8 Å². The van der Waals surface area contributed by atoms with E-state index in [-0.39, 0.29) is 23.7 Å². The molecule has 1 aliphatic carbocycles. The molecule has 0 bridgehead atoms. The molecule has 2 fully saturated rings. The van der Waals surface area contributed by atoms with Gasteiger partial charge in [0.25, 0.3) is 5.91 Å². The van der Waals surface area contributed by atoms with Gasteiger partial charge in [-0.1, -0.05) is 102 Å². The minimum Gasteiger partial charge on any atom is -0.493 e. The third kappa shape index (κ3) is 14.0. The van der Waals surface area contributed by atoms with Gasteiger partial charge in [0.1, 0.15) is 5.75 Å². The summed E-state index contributed by atoms with van der Waals surface area (Å²) in [6.45, 7) is 19.0. The average molecular weight is 829 g/mol. The van der Waals surface area contributed by atoms with Crippen molar-refractivity contribution in [2.45, 2.75) is 92.9 Å². The molecule has 1 heterocycles. The fourth-order valence-corrected chi connectivity index (χ4v) is 7.76. The van der Waals surface area contributed by atoms with Crippen LogP contribution < -0.4 is 19.9 Å². The number of aryl methyl sites for hydroxylation is 1. The van der Waals surface area contributed by atoms with Crippen LogP contribution in [0.5, 0.6) is 5.75 Å². The van der Waals surface area contributed by atoms with Crippen molar-refractivity contribution in [1.82, 2.24) is 0 Å². The van der Waals surface area contributed by atoms with Gasteiger partial charge in [0.2, 0.25) is 0 Å². The number of carboxylic acid groups (broad SMARTS) is 1. The van der Waals surface area contributed by atoms with Gasteiger partial charge in [0, 0.05) is 53.3 Å². The lowest BCUT2D eigenvalue weighted by molar-refractivity contribution is -0.137. The summed E-state index contributed by atoms with van der Waals surface area (Å²) in [5.41, 5.74) is 6.08. The molecule has 0 spiro atoms. The van der Waals surface area contributed by atoms with E-state index >= 15 is 0 Å². The number of hydrogen-bond donors (Lipinski definition) is 2. The molecule has 6 rings (SSSR count). The van der Waals surface area contributed by atoms with Gasteiger partial charge in [-0.05, 0) is 132 Å². The lowest BCUT2D eigenvalue weighted by Crippen LogP contribution is -2.40.